The minimum absolute atomic E-state index is 0.192. The van der Waals surface area contributed by atoms with E-state index in [1.807, 2.05) is 0 Å². The topological polar surface area (TPSA) is 69.2 Å². The molecule has 1 saturated heterocycles. The zero-order valence-electron chi connectivity index (χ0n) is 12.8. The average molecular weight is 307 g/mol. The van der Waals surface area contributed by atoms with E-state index in [9.17, 15) is 0 Å². The van der Waals surface area contributed by atoms with Gasteiger partial charge in [0.05, 0.1) is 15.6 Å². The molecule has 2 aliphatic rings. The van der Waals surface area contributed by atoms with Crippen LogP contribution in [0.1, 0.15) is 41.3 Å². The van der Waals surface area contributed by atoms with Crippen LogP contribution in [0.2, 0.25) is 0 Å². The molecule has 5 nitrogen and oxygen atoms in total. The SMILES string of the molecule is CCN1CCN(CCc2nc(C3CC3)c(C(=N)N)s2)CC1. The molecule has 0 aromatic carbocycles. The van der Waals surface area contributed by atoms with E-state index in [0.717, 1.165) is 48.2 Å². The van der Waals surface area contributed by atoms with Crippen molar-refractivity contribution in [1.29, 1.82) is 5.41 Å². The second-order valence-corrected chi connectivity index (χ2v) is 7.12. The predicted molar refractivity (Wildman–Crippen MR) is 87.4 cm³/mol. The molecule has 1 saturated carbocycles. The minimum atomic E-state index is 0.192. The first-order valence-electron chi connectivity index (χ1n) is 7.96. The summed E-state index contributed by atoms with van der Waals surface area (Å²) in [7, 11) is 0. The van der Waals surface area contributed by atoms with Crippen LogP contribution in [0, 0.1) is 5.41 Å². The van der Waals surface area contributed by atoms with Crippen LogP contribution in [-0.2, 0) is 6.42 Å². The molecule has 3 rings (SSSR count). The molecule has 1 aromatic heterocycles. The van der Waals surface area contributed by atoms with Gasteiger partial charge in [-0.3, -0.25) is 5.41 Å². The van der Waals surface area contributed by atoms with Crippen molar-refractivity contribution >= 4 is 17.2 Å². The van der Waals surface area contributed by atoms with Gasteiger partial charge in [-0.25, -0.2) is 4.98 Å². The van der Waals surface area contributed by atoms with Gasteiger partial charge in [0.15, 0.2) is 0 Å². The first-order chi connectivity index (χ1) is 10.2. The molecule has 1 aliphatic heterocycles. The number of amidine groups is 1. The van der Waals surface area contributed by atoms with Crippen LogP contribution < -0.4 is 5.73 Å². The van der Waals surface area contributed by atoms with E-state index in [1.165, 1.54) is 25.9 Å². The van der Waals surface area contributed by atoms with Crippen molar-refractivity contribution in [2.75, 3.05) is 39.3 Å². The van der Waals surface area contributed by atoms with Crippen molar-refractivity contribution in [1.82, 2.24) is 14.8 Å². The molecule has 0 atom stereocenters. The maximum absolute atomic E-state index is 7.71. The normalized spacial score (nSPS) is 20.8. The molecule has 2 fully saturated rings. The predicted octanol–water partition coefficient (Wildman–Crippen LogP) is 1.48. The molecule has 0 unspecified atom stereocenters. The summed E-state index contributed by atoms with van der Waals surface area (Å²) < 4.78 is 0. The van der Waals surface area contributed by atoms with E-state index in [4.69, 9.17) is 16.1 Å². The number of hydrogen-bond acceptors (Lipinski definition) is 5. The summed E-state index contributed by atoms with van der Waals surface area (Å²) in [5, 5.41) is 8.87. The Hall–Kier alpha value is -0.980. The number of likely N-dealkylation sites (N-methyl/N-ethyl adjacent to an activating group) is 1. The Morgan fingerprint density at radius 2 is 1.95 bits per heavy atom. The standard InChI is InChI=1S/C15H25N5S/c1-2-19-7-9-20(10-8-19)6-5-12-18-13(11-3-4-11)14(21-12)15(16)17/h11H,2-10H2,1H3,(H3,16,17). The van der Waals surface area contributed by atoms with Crippen molar-refractivity contribution in [2.24, 2.45) is 5.73 Å². The molecule has 3 N–H and O–H groups in total. The lowest BCUT2D eigenvalue weighted by Gasteiger charge is -2.33. The number of thiazole rings is 1. The molecule has 0 radical (unpaired) electrons. The summed E-state index contributed by atoms with van der Waals surface area (Å²) in [5.74, 6) is 0.763. The van der Waals surface area contributed by atoms with Gasteiger partial charge >= 0.3 is 0 Å². The van der Waals surface area contributed by atoms with E-state index in [0.29, 0.717) is 5.92 Å². The number of hydrogen-bond donors (Lipinski definition) is 2. The number of nitrogens with one attached hydrogen (secondary N) is 1. The van der Waals surface area contributed by atoms with Crippen molar-refractivity contribution in [2.45, 2.75) is 32.1 Å². The van der Waals surface area contributed by atoms with Crippen LogP contribution >= 0.6 is 11.3 Å². The Bertz CT molecular complexity index is 500. The number of rotatable bonds is 6. The summed E-state index contributed by atoms with van der Waals surface area (Å²) >= 11 is 1.63. The summed E-state index contributed by atoms with van der Waals surface area (Å²) in [4.78, 5) is 10.7. The van der Waals surface area contributed by atoms with Gasteiger partial charge < -0.3 is 15.5 Å². The third-order valence-electron chi connectivity index (χ3n) is 4.46. The monoisotopic (exact) mass is 307 g/mol. The lowest BCUT2D eigenvalue weighted by Crippen LogP contribution is -2.46. The third kappa shape index (κ3) is 3.62. The number of piperazine rings is 1. The number of aromatic nitrogens is 1. The van der Waals surface area contributed by atoms with E-state index < -0.39 is 0 Å². The Morgan fingerprint density at radius 1 is 1.29 bits per heavy atom. The van der Waals surface area contributed by atoms with Gasteiger partial charge in [0.25, 0.3) is 0 Å². The van der Waals surface area contributed by atoms with Gasteiger partial charge in [-0.15, -0.1) is 11.3 Å². The quantitative estimate of drug-likeness (QED) is 0.617. The molecule has 21 heavy (non-hydrogen) atoms. The fraction of sp³-hybridized carbons (Fsp3) is 0.733. The van der Waals surface area contributed by atoms with Crippen LogP contribution in [0.25, 0.3) is 0 Å². The highest BCUT2D eigenvalue weighted by molar-refractivity contribution is 7.13. The fourth-order valence-electron chi connectivity index (χ4n) is 2.89. The molecule has 2 heterocycles. The van der Waals surface area contributed by atoms with Crippen LogP contribution in [0.4, 0.5) is 0 Å². The van der Waals surface area contributed by atoms with Gasteiger partial charge in [-0.1, -0.05) is 6.92 Å². The van der Waals surface area contributed by atoms with Crippen molar-refractivity contribution in [3.63, 3.8) is 0 Å². The summed E-state index contributed by atoms with van der Waals surface area (Å²) in [6.45, 7) is 9.15. The van der Waals surface area contributed by atoms with Crippen LogP contribution in [-0.4, -0.2) is 59.9 Å². The number of nitrogens with two attached hydrogens (primary N) is 1. The summed E-state index contributed by atoms with van der Waals surface area (Å²) in [6.07, 6.45) is 3.41. The first-order valence-corrected chi connectivity index (χ1v) is 8.77. The largest absolute Gasteiger partial charge is 0.383 e. The lowest BCUT2D eigenvalue weighted by atomic mass is 10.2. The van der Waals surface area contributed by atoms with Gasteiger partial charge in [0.2, 0.25) is 0 Å². The van der Waals surface area contributed by atoms with Crippen molar-refractivity contribution in [3.8, 4) is 0 Å². The third-order valence-corrected chi connectivity index (χ3v) is 5.62. The van der Waals surface area contributed by atoms with E-state index in [2.05, 4.69) is 16.7 Å². The summed E-state index contributed by atoms with van der Waals surface area (Å²) in [6, 6.07) is 0. The van der Waals surface area contributed by atoms with Crippen molar-refractivity contribution < 1.29 is 0 Å². The van der Waals surface area contributed by atoms with Crippen molar-refractivity contribution in [3.05, 3.63) is 15.6 Å². The highest BCUT2D eigenvalue weighted by atomic mass is 32.1. The highest BCUT2D eigenvalue weighted by Gasteiger charge is 2.30. The summed E-state index contributed by atoms with van der Waals surface area (Å²) in [5.41, 5.74) is 6.80. The molecule has 0 spiro atoms. The molecular weight excluding hydrogens is 282 g/mol. The van der Waals surface area contributed by atoms with E-state index in [-0.39, 0.29) is 5.84 Å². The smallest absolute Gasteiger partial charge is 0.135 e. The average Bonchev–Trinajstić information content (AvgIpc) is 3.25. The Morgan fingerprint density at radius 3 is 2.52 bits per heavy atom. The number of nitrogen functional groups attached to an aromatic ring is 1. The zero-order chi connectivity index (χ0) is 14.8. The molecular formula is C15H25N5S. The number of nitrogens with zero attached hydrogens (tertiary/aromatic N) is 3. The fourth-order valence-corrected chi connectivity index (χ4v) is 3.89. The second kappa shape index (κ2) is 6.42. The first kappa shape index (κ1) is 14.9. The molecule has 116 valence electrons. The lowest BCUT2D eigenvalue weighted by molar-refractivity contribution is 0.138. The van der Waals surface area contributed by atoms with Gasteiger partial charge in [-0.2, -0.15) is 0 Å². The Kier molecular flexibility index (Phi) is 4.57. The maximum Gasteiger partial charge on any atom is 0.135 e. The van der Waals surface area contributed by atoms with Crippen LogP contribution in [0.5, 0.6) is 0 Å². The molecule has 0 bridgehead atoms. The Labute approximate surface area is 130 Å². The minimum Gasteiger partial charge on any atom is -0.383 e. The molecule has 1 aromatic rings. The molecule has 0 amide bonds. The maximum atomic E-state index is 7.71. The van der Waals surface area contributed by atoms with Gasteiger partial charge in [-0.05, 0) is 19.4 Å². The van der Waals surface area contributed by atoms with E-state index >= 15 is 0 Å². The molecule has 1 aliphatic carbocycles. The Balaban J connectivity index is 1.56. The van der Waals surface area contributed by atoms with Crippen LogP contribution in [0.15, 0.2) is 0 Å². The highest BCUT2D eigenvalue weighted by Crippen LogP contribution is 2.42. The van der Waals surface area contributed by atoms with Gasteiger partial charge in [0, 0.05) is 45.1 Å². The van der Waals surface area contributed by atoms with Crippen LogP contribution in [0.3, 0.4) is 0 Å². The van der Waals surface area contributed by atoms with Gasteiger partial charge in [0.1, 0.15) is 5.84 Å². The van der Waals surface area contributed by atoms with E-state index in [1.54, 1.807) is 11.3 Å². The zero-order valence-corrected chi connectivity index (χ0v) is 13.6. The molecule has 6 heteroatoms. The second-order valence-electron chi connectivity index (χ2n) is 6.04.